The minimum absolute atomic E-state index is 0.0596. The van der Waals surface area contributed by atoms with E-state index >= 15 is 0 Å². The van der Waals surface area contributed by atoms with E-state index in [1.165, 1.54) is 16.8 Å². The van der Waals surface area contributed by atoms with Gasteiger partial charge in [-0.05, 0) is 48.2 Å². The third kappa shape index (κ3) is 7.54. The number of ether oxygens (including phenoxy) is 2. The molecule has 0 saturated carbocycles. The molecule has 6 N–H and O–H groups in total. The predicted molar refractivity (Wildman–Crippen MR) is 132 cm³/mol. The monoisotopic (exact) mass is 477 g/mol. The van der Waals surface area contributed by atoms with Crippen LogP contribution in [0.1, 0.15) is 37.0 Å². The third-order valence-electron chi connectivity index (χ3n) is 5.58. The lowest BCUT2D eigenvalue weighted by atomic mass is 9.77. The topological polar surface area (TPSA) is 114 Å². The Labute approximate surface area is 201 Å². The normalized spacial score (nSPS) is 13.0. The van der Waals surface area contributed by atoms with Crippen LogP contribution in [-0.4, -0.2) is 53.6 Å². The summed E-state index contributed by atoms with van der Waals surface area (Å²) in [4.78, 5) is 0. The summed E-state index contributed by atoms with van der Waals surface area (Å²) in [6, 6.07) is 14.1. The van der Waals surface area contributed by atoms with Crippen molar-refractivity contribution in [2.75, 3.05) is 32.2 Å². The van der Waals surface area contributed by atoms with Crippen molar-refractivity contribution in [1.82, 2.24) is 5.01 Å². The number of rotatable bonds is 13. The fourth-order valence-corrected chi connectivity index (χ4v) is 3.51. The van der Waals surface area contributed by atoms with E-state index in [-0.39, 0.29) is 25.2 Å². The van der Waals surface area contributed by atoms with Gasteiger partial charge in [0.2, 0.25) is 0 Å². The zero-order chi connectivity index (χ0) is 24.4. The fourth-order valence-electron chi connectivity index (χ4n) is 3.40. The number of hydrogen-bond donors (Lipinski definition) is 4. The van der Waals surface area contributed by atoms with Crippen LogP contribution in [-0.2, 0) is 5.41 Å². The van der Waals surface area contributed by atoms with Gasteiger partial charge in [-0.2, -0.15) is 0 Å². The molecule has 2 rings (SSSR count). The van der Waals surface area contributed by atoms with E-state index in [9.17, 15) is 10.2 Å². The van der Waals surface area contributed by atoms with E-state index in [0.29, 0.717) is 23.9 Å². The van der Waals surface area contributed by atoms with E-state index in [4.69, 9.17) is 32.7 Å². The van der Waals surface area contributed by atoms with Crippen LogP contribution >= 0.6 is 11.6 Å². The highest BCUT2D eigenvalue weighted by molar-refractivity contribution is 6.17. The number of aliphatic hydroxyl groups excluding tert-OH is 2. The van der Waals surface area contributed by atoms with Crippen molar-refractivity contribution in [2.24, 2.45) is 11.6 Å². The van der Waals surface area contributed by atoms with Gasteiger partial charge in [0.15, 0.2) is 0 Å². The maximum Gasteiger partial charge on any atom is 0.122 e. The lowest BCUT2D eigenvalue weighted by Gasteiger charge is -2.27. The Hall–Kier alpha value is -2.45. The van der Waals surface area contributed by atoms with Crippen molar-refractivity contribution in [2.45, 2.75) is 38.7 Å². The summed E-state index contributed by atoms with van der Waals surface area (Å²) in [5.74, 6) is 7.89. The van der Waals surface area contributed by atoms with Gasteiger partial charge in [0, 0.05) is 17.5 Å². The first-order valence-electron chi connectivity index (χ1n) is 11.0. The van der Waals surface area contributed by atoms with Crippen LogP contribution in [0.5, 0.6) is 11.5 Å². The fraction of sp³-hybridized carbons (Fsp3) is 0.440. The van der Waals surface area contributed by atoms with Crippen molar-refractivity contribution in [3.05, 3.63) is 71.1 Å². The minimum atomic E-state index is -0.847. The van der Waals surface area contributed by atoms with Gasteiger partial charge in [-0.3, -0.25) is 0 Å². The second-order valence-electron chi connectivity index (χ2n) is 8.45. The molecular weight excluding hydrogens is 442 g/mol. The molecule has 1 atom stereocenters. The Morgan fingerprint density at radius 3 is 2.39 bits per heavy atom. The number of benzene rings is 2. The summed E-state index contributed by atoms with van der Waals surface area (Å²) in [6.45, 7) is 6.85. The van der Waals surface area contributed by atoms with Gasteiger partial charge in [-0.15, -0.1) is 11.6 Å². The van der Waals surface area contributed by atoms with Crippen LogP contribution in [0.25, 0.3) is 0 Å². The molecule has 8 heteroatoms. The largest absolute Gasteiger partial charge is 0.493 e. The van der Waals surface area contributed by atoms with Crippen LogP contribution in [0.3, 0.4) is 0 Å². The van der Waals surface area contributed by atoms with Crippen molar-refractivity contribution in [3.8, 4) is 11.5 Å². The van der Waals surface area contributed by atoms with Crippen molar-refractivity contribution in [1.29, 1.82) is 0 Å². The molecule has 2 aromatic carbocycles. The first kappa shape index (κ1) is 26.8. The van der Waals surface area contributed by atoms with Crippen LogP contribution in [0, 0.1) is 6.92 Å². The quantitative estimate of drug-likeness (QED) is 0.152. The van der Waals surface area contributed by atoms with Crippen LogP contribution in [0.4, 0.5) is 0 Å². The smallest absolute Gasteiger partial charge is 0.122 e. The van der Waals surface area contributed by atoms with Gasteiger partial charge in [0.05, 0.1) is 25.5 Å². The molecule has 0 saturated heterocycles. The molecule has 0 fully saturated rings. The molecule has 0 spiro atoms. The van der Waals surface area contributed by atoms with Gasteiger partial charge in [0.1, 0.15) is 24.2 Å². The van der Waals surface area contributed by atoms with Gasteiger partial charge in [0.25, 0.3) is 0 Å². The Morgan fingerprint density at radius 1 is 1.15 bits per heavy atom. The molecule has 0 aliphatic carbocycles. The molecule has 7 nitrogen and oxygen atoms in total. The maximum absolute atomic E-state index is 10.2. The van der Waals surface area contributed by atoms with Crippen LogP contribution < -0.4 is 21.1 Å². The predicted octanol–water partition coefficient (Wildman–Crippen LogP) is 3.04. The number of aryl methyl sites for hydroxylation is 1. The molecular formula is C25H36ClN3O4. The van der Waals surface area contributed by atoms with Crippen LogP contribution in [0.15, 0.2) is 54.4 Å². The highest BCUT2D eigenvalue weighted by Gasteiger charge is 2.24. The second-order valence-corrected chi connectivity index (χ2v) is 8.83. The summed E-state index contributed by atoms with van der Waals surface area (Å²) >= 11 is 5.73. The molecule has 0 heterocycles. The van der Waals surface area contributed by atoms with Crippen molar-refractivity contribution >= 4 is 11.6 Å². The third-order valence-corrected chi connectivity index (χ3v) is 5.85. The number of nitrogens with zero attached hydrogens (tertiary/aromatic N) is 1. The summed E-state index contributed by atoms with van der Waals surface area (Å²) < 4.78 is 11.5. The molecule has 0 aromatic heterocycles. The molecule has 0 amide bonds. The average Bonchev–Trinajstić information content (AvgIpc) is 2.80. The average molecular weight is 478 g/mol. The molecule has 0 radical (unpaired) electrons. The van der Waals surface area contributed by atoms with Gasteiger partial charge in [-0.25, -0.2) is 5.84 Å². The molecule has 1 unspecified atom stereocenters. The number of hydrogen-bond acceptors (Lipinski definition) is 7. The maximum atomic E-state index is 10.2. The first-order chi connectivity index (χ1) is 15.7. The molecule has 2 aromatic rings. The number of alkyl halides is 1. The number of hydrazine groups is 1. The van der Waals surface area contributed by atoms with E-state index < -0.39 is 6.10 Å². The summed E-state index contributed by atoms with van der Waals surface area (Å²) in [5.41, 5.74) is 8.91. The Balaban J connectivity index is 2.00. The molecule has 0 aliphatic rings. The lowest BCUT2D eigenvalue weighted by Crippen LogP contribution is -2.40. The van der Waals surface area contributed by atoms with E-state index in [0.717, 1.165) is 23.3 Å². The molecule has 0 bridgehead atoms. The lowest BCUT2D eigenvalue weighted by molar-refractivity contribution is 0.0745. The van der Waals surface area contributed by atoms with E-state index in [2.05, 4.69) is 26.0 Å². The Morgan fingerprint density at radius 2 is 1.82 bits per heavy atom. The van der Waals surface area contributed by atoms with Gasteiger partial charge >= 0.3 is 0 Å². The first-order valence-corrected chi connectivity index (χ1v) is 11.5. The number of nitrogens with two attached hydrogens (primary N) is 2. The summed E-state index contributed by atoms with van der Waals surface area (Å²) in [7, 11) is 0. The molecule has 182 valence electrons. The molecule has 33 heavy (non-hydrogen) atoms. The van der Waals surface area contributed by atoms with Crippen LogP contribution in [0.2, 0.25) is 0 Å². The summed E-state index contributed by atoms with van der Waals surface area (Å²) in [6.07, 6.45) is 1.18. The van der Waals surface area contributed by atoms with Crippen molar-refractivity contribution < 1.29 is 19.7 Å². The Bertz CT molecular complexity index is 903. The zero-order valence-electron chi connectivity index (χ0n) is 19.6. The number of aliphatic hydroxyl groups is 2. The zero-order valence-corrected chi connectivity index (χ0v) is 20.4. The highest BCUT2D eigenvalue weighted by atomic mass is 35.5. The standard InChI is InChI=1S/C25H36ClN3O4/c1-18-13-20(7-10-24(18)32-12-4-11-26)25(2,3)19-5-8-23(9-6-19)33-17-22(31)15-29(28)21(14-27)16-30/h5-10,13-14,22,30-31H,4,11-12,15-17,27-28H2,1-3H3/b21-14-. The second kappa shape index (κ2) is 12.7. The van der Waals surface area contributed by atoms with Gasteiger partial charge in [-0.1, -0.05) is 38.1 Å². The van der Waals surface area contributed by atoms with E-state index in [1.807, 2.05) is 37.3 Å². The number of halogens is 1. The van der Waals surface area contributed by atoms with E-state index in [1.54, 1.807) is 0 Å². The van der Waals surface area contributed by atoms with Crippen molar-refractivity contribution in [3.63, 3.8) is 0 Å². The summed E-state index contributed by atoms with van der Waals surface area (Å²) in [5, 5.41) is 20.5. The highest BCUT2D eigenvalue weighted by Crippen LogP contribution is 2.34. The molecule has 0 aliphatic heterocycles. The SMILES string of the molecule is Cc1cc(C(C)(C)c2ccc(OCC(O)CN(N)/C(=C\N)CO)cc2)ccc1OCCCCl. The van der Waals surface area contributed by atoms with Gasteiger partial charge < -0.3 is 30.4 Å². The Kier molecular flexibility index (Phi) is 10.3. The minimum Gasteiger partial charge on any atom is -0.493 e.